The van der Waals surface area contributed by atoms with Crippen molar-refractivity contribution < 1.29 is 14.6 Å². The molecule has 0 amide bonds. The van der Waals surface area contributed by atoms with Crippen LogP contribution in [-0.4, -0.2) is 23.0 Å². The number of carbonyl (C=O) groups is 1. The molecule has 2 rings (SSSR count). The first-order chi connectivity index (χ1) is 11.7. The number of methoxy groups -OCH3 is 1. The standard InChI is InChI=1S/C19H29NO3S/c1-3-4-5-6-7-8-9-10-11-12-15-17(21)19(22,18(15)23-2)16-13-20-14-24-16/h13-14,22H,3-12H2,1-2H3. The number of unbranched alkanes of at least 4 members (excludes halogenated alkanes) is 8. The lowest BCUT2D eigenvalue weighted by molar-refractivity contribution is -0.140. The molecule has 0 aliphatic heterocycles. The maximum Gasteiger partial charge on any atom is 0.221 e. The number of ether oxygens (including phenoxy) is 1. The maximum absolute atomic E-state index is 12.4. The van der Waals surface area contributed by atoms with E-state index in [1.165, 1.54) is 69.6 Å². The van der Waals surface area contributed by atoms with Gasteiger partial charge in [-0.1, -0.05) is 58.3 Å². The zero-order valence-electron chi connectivity index (χ0n) is 14.8. The predicted octanol–water partition coefficient (Wildman–Crippen LogP) is 4.73. The van der Waals surface area contributed by atoms with Crippen LogP contribution in [-0.2, 0) is 15.1 Å². The van der Waals surface area contributed by atoms with E-state index in [4.69, 9.17) is 4.74 Å². The summed E-state index contributed by atoms with van der Waals surface area (Å²) in [6.45, 7) is 2.24. The van der Waals surface area contributed by atoms with Crippen molar-refractivity contribution in [3.63, 3.8) is 0 Å². The van der Waals surface area contributed by atoms with Crippen LogP contribution < -0.4 is 0 Å². The highest BCUT2D eigenvalue weighted by atomic mass is 32.1. The Labute approximate surface area is 149 Å². The number of nitrogens with zero attached hydrogens (tertiary/aromatic N) is 1. The van der Waals surface area contributed by atoms with Crippen LogP contribution in [0.25, 0.3) is 0 Å². The number of Topliss-reactive ketones (excluding diaryl/α,β-unsaturated/α-hetero) is 1. The van der Waals surface area contributed by atoms with Gasteiger partial charge in [0.2, 0.25) is 11.4 Å². The lowest BCUT2D eigenvalue weighted by atomic mass is 9.75. The second-order valence-electron chi connectivity index (χ2n) is 6.50. The number of carbonyl (C=O) groups excluding carboxylic acids is 1. The lowest BCUT2D eigenvalue weighted by Gasteiger charge is -2.37. The monoisotopic (exact) mass is 351 g/mol. The van der Waals surface area contributed by atoms with Crippen LogP contribution in [0.2, 0.25) is 0 Å². The van der Waals surface area contributed by atoms with Crippen molar-refractivity contribution in [2.24, 2.45) is 0 Å². The Morgan fingerprint density at radius 2 is 1.75 bits per heavy atom. The minimum atomic E-state index is -1.59. The van der Waals surface area contributed by atoms with Crippen LogP contribution in [0, 0.1) is 0 Å². The third-order valence-electron chi connectivity index (χ3n) is 4.73. The molecule has 24 heavy (non-hydrogen) atoms. The molecule has 1 aromatic rings. The minimum Gasteiger partial charge on any atom is -0.497 e. The first-order valence-electron chi connectivity index (χ1n) is 9.10. The van der Waals surface area contributed by atoms with E-state index in [1.807, 2.05) is 0 Å². The van der Waals surface area contributed by atoms with Crippen LogP contribution in [0.4, 0.5) is 0 Å². The molecule has 1 N–H and O–H groups in total. The third-order valence-corrected chi connectivity index (χ3v) is 5.61. The molecule has 1 atom stereocenters. The molecule has 4 nitrogen and oxygen atoms in total. The molecule has 0 saturated carbocycles. The van der Waals surface area contributed by atoms with Gasteiger partial charge in [0.1, 0.15) is 5.76 Å². The smallest absolute Gasteiger partial charge is 0.221 e. The molecule has 1 aromatic heterocycles. The Morgan fingerprint density at radius 3 is 2.29 bits per heavy atom. The molecule has 0 bridgehead atoms. The molecule has 0 radical (unpaired) electrons. The molecular formula is C19H29NO3S. The molecule has 0 spiro atoms. The molecule has 0 aromatic carbocycles. The van der Waals surface area contributed by atoms with Gasteiger partial charge in [-0.3, -0.25) is 9.78 Å². The van der Waals surface area contributed by atoms with Gasteiger partial charge < -0.3 is 9.84 Å². The topological polar surface area (TPSA) is 59.4 Å². The van der Waals surface area contributed by atoms with Crippen molar-refractivity contribution in [3.05, 3.63) is 27.9 Å². The fraction of sp³-hybridized carbons (Fsp3) is 0.684. The summed E-state index contributed by atoms with van der Waals surface area (Å²) in [6, 6.07) is 0. The Hall–Kier alpha value is -1.20. The van der Waals surface area contributed by atoms with E-state index in [9.17, 15) is 9.90 Å². The second-order valence-corrected chi connectivity index (χ2v) is 7.38. The summed E-state index contributed by atoms with van der Waals surface area (Å²) >= 11 is 1.28. The third kappa shape index (κ3) is 4.06. The minimum absolute atomic E-state index is 0.219. The van der Waals surface area contributed by atoms with E-state index >= 15 is 0 Å². The van der Waals surface area contributed by atoms with E-state index in [1.54, 1.807) is 5.51 Å². The molecule has 1 unspecified atom stereocenters. The van der Waals surface area contributed by atoms with E-state index in [2.05, 4.69) is 11.9 Å². The van der Waals surface area contributed by atoms with Gasteiger partial charge in [0.15, 0.2) is 0 Å². The van der Waals surface area contributed by atoms with E-state index < -0.39 is 5.60 Å². The van der Waals surface area contributed by atoms with Gasteiger partial charge in [-0.2, -0.15) is 0 Å². The maximum atomic E-state index is 12.4. The van der Waals surface area contributed by atoms with Crippen molar-refractivity contribution in [2.75, 3.05) is 7.11 Å². The normalized spacial score (nSPS) is 20.4. The molecule has 0 saturated heterocycles. The summed E-state index contributed by atoms with van der Waals surface area (Å²) < 4.78 is 5.33. The first-order valence-corrected chi connectivity index (χ1v) is 9.98. The van der Waals surface area contributed by atoms with E-state index in [0.717, 1.165) is 12.8 Å². The van der Waals surface area contributed by atoms with Crippen LogP contribution >= 0.6 is 11.3 Å². The summed E-state index contributed by atoms with van der Waals surface area (Å²) in [6.07, 6.45) is 13.5. The van der Waals surface area contributed by atoms with Crippen LogP contribution in [0.1, 0.15) is 76.0 Å². The van der Waals surface area contributed by atoms with Gasteiger partial charge in [-0.15, -0.1) is 11.3 Å². The van der Waals surface area contributed by atoms with Gasteiger partial charge in [0, 0.05) is 11.8 Å². The summed E-state index contributed by atoms with van der Waals surface area (Å²) in [7, 11) is 1.52. The Kier molecular flexibility index (Phi) is 7.43. The van der Waals surface area contributed by atoms with Gasteiger partial charge in [-0.05, 0) is 12.8 Å². The summed E-state index contributed by atoms with van der Waals surface area (Å²) in [5, 5.41) is 10.7. The average Bonchev–Trinajstić information content (AvgIpc) is 3.13. The average molecular weight is 352 g/mol. The van der Waals surface area contributed by atoms with Gasteiger partial charge in [-0.25, -0.2) is 0 Å². The SMILES string of the molecule is CCCCCCCCCCCC1=C(OC)C(O)(c2cncs2)C1=O. The molecule has 5 heteroatoms. The highest BCUT2D eigenvalue weighted by molar-refractivity contribution is 7.10. The number of aromatic nitrogens is 1. The van der Waals surface area contributed by atoms with Gasteiger partial charge >= 0.3 is 0 Å². The van der Waals surface area contributed by atoms with Crippen molar-refractivity contribution in [1.29, 1.82) is 0 Å². The van der Waals surface area contributed by atoms with Crippen molar-refractivity contribution in [1.82, 2.24) is 4.98 Å². The first kappa shape index (κ1) is 19.1. The largest absolute Gasteiger partial charge is 0.497 e. The molecular weight excluding hydrogens is 322 g/mol. The number of thiazole rings is 1. The van der Waals surface area contributed by atoms with Gasteiger partial charge in [0.25, 0.3) is 0 Å². The van der Waals surface area contributed by atoms with Crippen LogP contribution in [0.15, 0.2) is 23.0 Å². The number of ketones is 1. The number of hydrogen-bond acceptors (Lipinski definition) is 5. The zero-order valence-corrected chi connectivity index (χ0v) is 15.7. The predicted molar refractivity (Wildman–Crippen MR) is 96.9 cm³/mol. The molecule has 0 fully saturated rings. The van der Waals surface area contributed by atoms with Crippen molar-refractivity contribution >= 4 is 17.1 Å². The number of hydrogen-bond donors (Lipinski definition) is 1. The van der Waals surface area contributed by atoms with E-state index in [-0.39, 0.29) is 5.78 Å². The van der Waals surface area contributed by atoms with Crippen LogP contribution in [0.5, 0.6) is 0 Å². The Balaban J connectivity index is 1.74. The number of aliphatic hydroxyl groups is 1. The second kappa shape index (κ2) is 9.33. The van der Waals surface area contributed by atoms with Gasteiger partial charge in [0.05, 0.1) is 17.5 Å². The Bertz CT molecular complexity index is 553. The number of rotatable bonds is 12. The lowest BCUT2D eigenvalue weighted by Crippen LogP contribution is -2.48. The van der Waals surface area contributed by atoms with E-state index in [0.29, 0.717) is 22.6 Å². The fourth-order valence-electron chi connectivity index (χ4n) is 3.31. The molecule has 1 heterocycles. The summed E-state index contributed by atoms with van der Waals surface area (Å²) in [4.78, 5) is 16.9. The highest BCUT2D eigenvalue weighted by Gasteiger charge is 2.56. The van der Waals surface area contributed by atoms with Crippen LogP contribution in [0.3, 0.4) is 0 Å². The highest BCUT2D eigenvalue weighted by Crippen LogP contribution is 2.46. The zero-order chi connectivity index (χ0) is 17.4. The van der Waals surface area contributed by atoms with Crippen molar-refractivity contribution in [2.45, 2.75) is 76.7 Å². The quantitative estimate of drug-likeness (QED) is 0.553. The molecule has 1 aliphatic carbocycles. The Morgan fingerprint density at radius 1 is 1.12 bits per heavy atom. The molecule has 134 valence electrons. The summed E-state index contributed by atoms with van der Waals surface area (Å²) in [5.74, 6) is 0.194. The van der Waals surface area contributed by atoms with Crippen molar-refractivity contribution in [3.8, 4) is 0 Å². The fourth-order valence-corrected chi connectivity index (χ4v) is 4.02. The molecule has 1 aliphatic rings. The summed E-state index contributed by atoms with van der Waals surface area (Å²) in [5.41, 5.74) is 0.674.